The van der Waals surface area contributed by atoms with E-state index in [1.54, 1.807) is 7.11 Å². The predicted octanol–water partition coefficient (Wildman–Crippen LogP) is -0.102. The smallest absolute Gasteiger partial charge is 0.303 e. The molecule has 0 saturated carbocycles. The molecule has 0 radical (unpaired) electrons. The van der Waals surface area contributed by atoms with Crippen LogP contribution in [-0.4, -0.2) is 86.9 Å². The number of rotatable bonds is 13. The summed E-state index contributed by atoms with van der Waals surface area (Å²) >= 11 is 0. The van der Waals surface area contributed by atoms with Crippen LogP contribution in [0.2, 0.25) is 0 Å². The molecule has 0 unspecified atom stereocenters. The highest BCUT2D eigenvalue weighted by atomic mass is 16.6. The second-order valence-electron chi connectivity index (χ2n) is 8.06. The van der Waals surface area contributed by atoms with Gasteiger partial charge in [0, 0.05) is 25.9 Å². The summed E-state index contributed by atoms with van der Waals surface area (Å²) in [6, 6.07) is 0. The molecule has 4 atom stereocenters. The van der Waals surface area contributed by atoms with Crippen molar-refractivity contribution in [3.05, 3.63) is 23.0 Å². The first kappa shape index (κ1) is 26.2. The topological polar surface area (TPSA) is 181 Å². The summed E-state index contributed by atoms with van der Waals surface area (Å²) in [6.45, 7) is 2.27. The van der Waals surface area contributed by atoms with Crippen molar-refractivity contribution in [2.24, 2.45) is 11.8 Å². The number of methoxy groups -OCH3 is 1. The fourth-order valence-electron chi connectivity index (χ4n) is 4.14. The quantitative estimate of drug-likeness (QED) is 0.278. The van der Waals surface area contributed by atoms with Crippen molar-refractivity contribution in [3.8, 4) is 0 Å². The molecule has 1 aliphatic rings. The highest BCUT2D eigenvalue weighted by Crippen LogP contribution is 2.44. The maximum atomic E-state index is 12.9. The fraction of sp³-hybridized carbons (Fsp3) is 0.619. The number of hydrogen-bond acceptors (Lipinski definition) is 10. The lowest BCUT2D eigenvalue weighted by Crippen LogP contribution is -2.29. The lowest BCUT2D eigenvalue weighted by Gasteiger charge is -2.22. The Bertz CT molecular complexity index is 1110. The van der Waals surface area contributed by atoms with Gasteiger partial charge in [-0.2, -0.15) is 0 Å². The van der Waals surface area contributed by atoms with E-state index in [1.165, 1.54) is 28.7 Å². The van der Waals surface area contributed by atoms with Crippen LogP contribution < -0.4 is 5.56 Å². The molecule has 0 amide bonds. The van der Waals surface area contributed by atoms with Gasteiger partial charge in [-0.05, 0) is 0 Å². The average Bonchev–Trinajstić information content (AvgIpc) is 3.35. The van der Waals surface area contributed by atoms with E-state index in [9.17, 15) is 29.4 Å². The maximum Gasteiger partial charge on any atom is 0.303 e. The molecule has 2 aromatic heterocycles. The molecule has 2 aromatic rings. The molecule has 14 heteroatoms. The van der Waals surface area contributed by atoms with Gasteiger partial charge in [0.2, 0.25) is 0 Å². The molecule has 192 valence electrons. The van der Waals surface area contributed by atoms with Crippen molar-refractivity contribution in [2.75, 3.05) is 33.5 Å². The zero-order chi connectivity index (χ0) is 25.5. The van der Waals surface area contributed by atoms with Crippen molar-refractivity contribution in [2.45, 2.75) is 38.6 Å². The van der Waals surface area contributed by atoms with E-state index in [1.807, 2.05) is 0 Å². The highest BCUT2D eigenvalue weighted by Gasteiger charge is 2.48. The number of hydrogen-bond donors (Lipinski definition) is 2. The number of esters is 1. The maximum absolute atomic E-state index is 12.9. The Morgan fingerprint density at radius 2 is 1.77 bits per heavy atom. The second-order valence-corrected chi connectivity index (χ2v) is 8.06. The van der Waals surface area contributed by atoms with E-state index in [0.29, 0.717) is 13.2 Å². The summed E-state index contributed by atoms with van der Waals surface area (Å²) in [5, 5.41) is 18.9. The number of aromatic nitrogens is 4. The Hall–Kier alpha value is -3.36. The minimum atomic E-state index is -1.15. The summed E-state index contributed by atoms with van der Waals surface area (Å²) in [6.07, 6.45) is -0.0170. The van der Waals surface area contributed by atoms with Crippen molar-refractivity contribution in [3.63, 3.8) is 0 Å². The van der Waals surface area contributed by atoms with Crippen LogP contribution in [0.4, 0.5) is 0 Å². The summed E-state index contributed by atoms with van der Waals surface area (Å²) in [7, 11) is 1.56. The van der Waals surface area contributed by atoms with E-state index < -0.39 is 60.5 Å². The Kier molecular flexibility index (Phi) is 8.89. The Morgan fingerprint density at radius 3 is 2.43 bits per heavy atom. The van der Waals surface area contributed by atoms with E-state index in [-0.39, 0.29) is 30.9 Å². The zero-order valence-electron chi connectivity index (χ0n) is 19.4. The van der Waals surface area contributed by atoms with Gasteiger partial charge in [0.05, 0.1) is 51.6 Å². The molecular formula is C21H28N4O10. The van der Waals surface area contributed by atoms with Crippen LogP contribution in [0, 0.1) is 11.8 Å². The summed E-state index contributed by atoms with van der Waals surface area (Å²) in [5.41, 5.74) is -0.218. The molecule has 1 fully saturated rings. The molecule has 2 N–H and O–H groups in total. The number of aliphatic carboxylic acids is 2. The van der Waals surface area contributed by atoms with Crippen LogP contribution in [0.3, 0.4) is 0 Å². The van der Waals surface area contributed by atoms with Crippen LogP contribution in [0.5, 0.6) is 0 Å². The SMILES string of the molecule is COCCOCCn1cnc2c(ncn2[C@@H]2O[C@@H](COC(C)=O)[C@H](CC(=O)O)[C@H]2CC(=O)O)c1=O. The van der Waals surface area contributed by atoms with Gasteiger partial charge in [0.1, 0.15) is 19.2 Å². The highest BCUT2D eigenvalue weighted by molar-refractivity contribution is 5.70. The molecule has 14 nitrogen and oxygen atoms in total. The Morgan fingerprint density at radius 1 is 1.06 bits per heavy atom. The van der Waals surface area contributed by atoms with E-state index in [4.69, 9.17) is 18.9 Å². The van der Waals surface area contributed by atoms with Gasteiger partial charge in [0.25, 0.3) is 5.56 Å². The van der Waals surface area contributed by atoms with Crippen molar-refractivity contribution in [1.29, 1.82) is 0 Å². The monoisotopic (exact) mass is 496 g/mol. The standard InChI is InChI=1S/C21H28N4O10/c1-12(26)34-9-15-13(7-16(27)28)14(8-17(29)30)21(35-15)25-11-22-18-19(25)23-10-24(20(18)31)3-4-33-6-5-32-2/h10-11,13-15,21H,3-9H2,1-2H3,(H,27,28)(H,29,30)/t13-,14-,15+,21-/m1/s1. The van der Waals surface area contributed by atoms with Crippen LogP contribution in [0.25, 0.3) is 11.2 Å². The molecule has 3 rings (SSSR count). The minimum Gasteiger partial charge on any atom is -0.481 e. The first-order valence-electron chi connectivity index (χ1n) is 10.9. The van der Waals surface area contributed by atoms with Crippen LogP contribution in [0.1, 0.15) is 26.0 Å². The first-order valence-corrected chi connectivity index (χ1v) is 10.9. The molecule has 3 heterocycles. The molecule has 1 saturated heterocycles. The summed E-state index contributed by atoms with van der Waals surface area (Å²) < 4.78 is 24.1. The third-order valence-corrected chi connectivity index (χ3v) is 5.71. The summed E-state index contributed by atoms with van der Waals surface area (Å²) in [5.74, 6) is -4.45. The average molecular weight is 496 g/mol. The first-order chi connectivity index (χ1) is 16.7. The number of carbonyl (C=O) groups excluding carboxylic acids is 1. The van der Waals surface area contributed by atoms with Crippen molar-refractivity contribution < 1.29 is 43.5 Å². The van der Waals surface area contributed by atoms with Gasteiger partial charge in [-0.25, -0.2) is 9.97 Å². The third-order valence-electron chi connectivity index (χ3n) is 5.71. The van der Waals surface area contributed by atoms with Gasteiger partial charge in [-0.1, -0.05) is 0 Å². The van der Waals surface area contributed by atoms with E-state index in [2.05, 4.69) is 9.97 Å². The number of imidazole rings is 1. The lowest BCUT2D eigenvalue weighted by molar-refractivity contribution is -0.147. The van der Waals surface area contributed by atoms with Gasteiger partial charge in [-0.15, -0.1) is 0 Å². The number of carboxylic acids is 2. The van der Waals surface area contributed by atoms with E-state index in [0.717, 1.165) is 0 Å². The van der Waals surface area contributed by atoms with E-state index >= 15 is 0 Å². The van der Waals surface area contributed by atoms with Gasteiger partial charge in [-0.3, -0.25) is 28.3 Å². The molecule has 0 spiro atoms. The number of carbonyl (C=O) groups is 3. The van der Waals surface area contributed by atoms with Crippen molar-refractivity contribution in [1.82, 2.24) is 19.1 Å². The molecule has 0 bridgehead atoms. The zero-order valence-corrected chi connectivity index (χ0v) is 19.4. The normalized spacial score (nSPS) is 21.9. The molecule has 0 aromatic carbocycles. The van der Waals surface area contributed by atoms with Gasteiger partial charge < -0.3 is 29.2 Å². The van der Waals surface area contributed by atoms with Crippen LogP contribution in [0.15, 0.2) is 17.4 Å². The number of nitrogens with zero attached hydrogens (tertiary/aromatic N) is 4. The molecule has 0 aliphatic carbocycles. The fourth-order valence-corrected chi connectivity index (χ4v) is 4.14. The van der Waals surface area contributed by atoms with Gasteiger partial charge in [0.15, 0.2) is 11.2 Å². The van der Waals surface area contributed by atoms with Crippen LogP contribution in [-0.2, 0) is 39.9 Å². The number of ether oxygens (including phenoxy) is 4. The Labute approximate surface area is 199 Å². The number of fused-ring (bicyclic) bond motifs is 1. The van der Waals surface area contributed by atoms with Crippen LogP contribution >= 0.6 is 0 Å². The molecular weight excluding hydrogens is 468 g/mol. The second kappa shape index (κ2) is 11.9. The molecule has 1 aliphatic heterocycles. The number of carboxylic acid groups (broad SMARTS) is 2. The Balaban J connectivity index is 1.90. The van der Waals surface area contributed by atoms with Crippen molar-refractivity contribution >= 4 is 29.1 Å². The minimum absolute atomic E-state index is 0.0419. The largest absolute Gasteiger partial charge is 0.481 e. The predicted molar refractivity (Wildman–Crippen MR) is 117 cm³/mol. The molecule has 35 heavy (non-hydrogen) atoms. The third kappa shape index (κ3) is 6.41. The van der Waals surface area contributed by atoms with Gasteiger partial charge >= 0.3 is 17.9 Å². The summed E-state index contributed by atoms with van der Waals surface area (Å²) in [4.78, 5) is 55.8. The lowest BCUT2D eigenvalue weighted by atomic mass is 9.84.